The molecule has 112 valence electrons. The van der Waals surface area contributed by atoms with Gasteiger partial charge in [0.05, 0.1) is 16.0 Å². The number of rotatable bonds is 2. The summed E-state index contributed by atoms with van der Waals surface area (Å²) < 4.78 is 37.9. The van der Waals surface area contributed by atoms with Crippen LogP contribution in [-0.2, 0) is 0 Å². The molecule has 0 radical (unpaired) electrons. The summed E-state index contributed by atoms with van der Waals surface area (Å²) in [7, 11) is 0. The highest BCUT2D eigenvalue weighted by atomic mass is 35.5. The highest BCUT2D eigenvalue weighted by Gasteiger charge is 2.42. The Balaban J connectivity index is 2.05. The first-order valence-corrected chi connectivity index (χ1v) is 7.32. The van der Waals surface area contributed by atoms with Gasteiger partial charge in [-0.25, -0.2) is 0 Å². The van der Waals surface area contributed by atoms with E-state index in [1.807, 2.05) is 0 Å². The summed E-state index contributed by atoms with van der Waals surface area (Å²) in [5.41, 5.74) is 6.89. The van der Waals surface area contributed by atoms with Crippen LogP contribution >= 0.6 is 23.2 Å². The van der Waals surface area contributed by atoms with Gasteiger partial charge in [0.15, 0.2) is 0 Å². The molecular weight excluding hydrogens is 310 g/mol. The van der Waals surface area contributed by atoms with Gasteiger partial charge in [-0.2, -0.15) is 13.2 Å². The third kappa shape index (κ3) is 3.41. The summed E-state index contributed by atoms with van der Waals surface area (Å²) in [4.78, 5) is 0. The van der Waals surface area contributed by atoms with E-state index in [-0.39, 0.29) is 24.8 Å². The fourth-order valence-electron chi connectivity index (χ4n) is 2.84. The van der Waals surface area contributed by atoms with E-state index in [0.717, 1.165) is 5.56 Å². The van der Waals surface area contributed by atoms with Crippen LogP contribution in [-0.4, -0.2) is 6.18 Å². The molecule has 1 aromatic rings. The van der Waals surface area contributed by atoms with Crippen molar-refractivity contribution in [2.24, 2.45) is 17.6 Å². The summed E-state index contributed by atoms with van der Waals surface area (Å²) in [6.07, 6.45) is -2.88. The van der Waals surface area contributed by atoms with Crippen LogP contribution in [0, 0.1) is 11.8 Å². The SMILES string of the molecule is NC(c1cccc(Cl)c1Cl)C1CCC(C(F)(F)F)CC1. The molecule has 0 aromatic heterocycles. The van der Waals surface area contributed by atoms with Crippen molar-refractivity contribution < 1.29 is 13.2 Å². The van der Waals surface area contributed by atoms with Crippen LogP contribution in [0.15, 0.2) is 18.2 Å². The number of hydrogen-bond donors (Lipinski definition) is 1. The van der Waals surface area contributed by atoms with Crippen LogP contribution < -0.4 is 5.73 Å². The standard InChI is InChI=1S/C14H16Cl2F3N/c15-11-3-1-2-10(12(11)16)13(20)8-4-6-9(7-5-8)14(17,18)19/h1-3,8-9,13H,4-7,20H2. The van der Waals surface area contributed by atoms with E-state index in [1.165, 1.54) is 0 Å². The second-order valence-electron chi connectivity index (χ2n) is 5.32. The molecule has 0 spiro atoms. The highest BCUT2D eigenvalue weighted by Crippen LogP contribution is 2.43. The van der Waals surface area contributed by atoms with Gasteiger partial charge in [0.25, 0.3) is 0 Å². The average molecular weight is 326 g/mol. The number of nitrogens with two attached hydrogens (primary N) is 1. The number of alkyl halides is 3. The molecule has 0 saturated heterocycles. The Hall–Kier alpha value is -0.450. The van der Waals surface area contributed by atoms with Gasteiger partial charge in [0.2, 0.25) is 0 Å². The van der Waals surface area contributed by atoms with Gasteiger partial charge in [-0.1, -0.05) is 35.3 Å². The minimum absolute atomic E-state index is 0.0181. The Morgan fingerprint density at radius 1 is 1.10 bits per heavy atom. The number of benzene rings is 1. The molecule has 0 bridgehead atoms. The first-order chi connectivity index (χ1) is 9.30. The Morgan fingerprint density at radius 3 is 2.25 bits per heavy atom. The number of halogens is 5. The van der Waals surface area contributed by atoms with Crippen molar-refractivity contribution in [1.29, 1.82) is 0 Å². The smallest absolute Gasteiger partial charge is 0.324 e. The lowest BCUT2D eigenvalue weighted by Crippen LogP contribution is -2.32. The van der Waals surface area contributed by atoms with Gasteiger partial charge in [-0.05, 0) is 43.2 Å². The van der Waals surface area contributed by atoms with Crippen LogP contribution in [0.1, 0.15) is 37.3 Å². The van der Waals surface area contributed by atoms with Crippen LogP contribution in [0.5, 0.6) is 0 Å². The molecule has 1 aromatic carbocycles. The second-order valence-corrected chi connectivity index (χ2v) is 6.11. The van der Waals surface area contributed by atoms with Crippen molar-refractivity contribution in [1.82, 2.24) is 0 Å². The fourth-order valence-corrected chi connectivity index (χ4v) is 3.27. The number of hydrogen-bond acceptors (Lipinski definition) is 1. The molecule has 1 nitrogen and oxygen atoms in total. The van der Waals surface area contributed by atoms with Gasteiger partial charge < -0.3 is 5.73 Å². The maximum Gasteiger partial charge on any atom is 0.391 e. The minimum Gasteiger partial charge on any atom is -0.324 e. The van der Waals surface area contributed by atoms with Gasteiger partial charge in [0, 0.05) is 6.04 Å². The fraction of sp³-hybridized carbons (Fsp3) is 0.571. The van der Waals surface area contributed by atoms with Crippen LogP contribution in [0.3, 0.4) is 0 Å². The lowest BCUT2D eigenvalue weighted by molar-refractivity contribution is -0.184. The summed E-state index contributed by atoms with van der Waals surface area (Å²) in [6.45, 7) is 0. The predicted molar refractivity (Wildman–Crippen MR) is 74.9 cm³/mol. The second kappa shape index (κ2) is 6.12. The van der Waals surface area contributed by atoms with Gasteiger partial charge in [-0.3, -0.25) is 0 Å². The van der Waals surface area contributed by atoms with Gasteiger partial charge in [-0.15, -0.1) is 0 Å². The van der Waals surface area contributed by atoms with Crippen molar-refractivity contribution in [3.63, 3.8) is 0 Å². The van der Waals surface area contributed by atoms with Crippen LogP contribution in [0.4, 0.5) is 13.2 Å². The largest absolute Gasteiger partial charge is 0.391 e. The molecule has 1 fully saturated rings. The first-order valence-electron chi connectivity index (χ1n) is 6.57. The minimum atomic E-state index is -4.09. The quantitative estimate of drug-likeness (QED) is 0.778. The Morgan fingerprint density at radius 2 is 1.70 bits per heavy atom. The van der Waals surface area contributed by atoms with E-state index in [1.54, 1.807) is 18.2 Å². The Bertz CT molecular complexity index is 468. The molecule has 1 unspecified atom stereocenters. The van der Waals surface area contributed by atoms with E-state index < -0.39 is 12.1 Å². The third-order valence-corrected chi connectivity index (χ3v) is 4.92. The van der Waals surface area contributed by atoms with E-state index in [4.69, 9.17) is 28.9 Å². The van der Waals surface area contributed by atoms with E-state index in [2.05, 4.69) is 0 Å². The van der Waals surface area contributed by atoms with E-state index >= 15 is 0 Å². The van der Waals surface area contributed by atoms with Crippen LogP contribution in [0.2, 0.25) is 10.0 Å². The first kappa shape index (κ1) is 15.9. The van der Waals surface area contributed by atoms with E-state index in [9.17, 15) is 13.2 Å². The maximum absolute atomic E-state index is 12.6. The van der Waals surface area contributed by atoms with Crippen molar-refractivity contribution in [3.8, 4) is 0 Å². The lowest BCUT2D eigenvalue weighted by Gasteiger charge is -2.33. The molecular formula is C14H16Cl2F3N. The summed E-state index contributed by atoms with van der Waals surface area (Å²) in [5.74, 6) is -1.18. The molecule has 0 amide bonds. The van der Waals surface area contributed by atoms with Gasteiger partial charge >= 0.3 is 6.18 Å². The van der Waals surface area contributed by atoms with Crippen LogP contribution in [0.25, 0.3) is 0 Å². The zero-order valence-corrected chi connectivity index (χ0v) is 12.3. The molecule has 1 atom stereocenters. The molecule has 20 heavy (non-hydrogen) atoms. The maximum atomic E-state index is 12.6. The molecule has 1 aliphatic carbocycles. The Kier molecular flexibility index (Phi) is 4.88. The molecule has 2 N–H and O–H groups in total. The normalized spacial score (nSPS) is 25.5. The average Bonchev–Trinajstić information content (AvgIpc) is 2.40. The van der Waals surface area contributed by atoms with Crippen molar-refractivity contribution >= 4 is 23.2 Å². The van der Waals surface area contributed by atoms with Crippen molar-refractivity contribution in [2.75, 3.05) is 0 Å². The zero-order valence-electron chi connectivity index (χ0n) is 10.8. The summed E-state index contributed by atoms with van der Waals surface area (Å²) in [5, 5.41) is 0.822. The molecule has 1 aliphatic rings. The third-order valence-electron chi connectivity index (χ3n) is 4.08. The topological polar surface area (TPSA) is 26.0 Å². The molecule has 1 saturated carbocycles. The van der Waals surface area contributed by atoms with E-state index in [0.29, 0.717) is 22.9 Å². The lowest BCUT2D eigenvalue weighted by atomic mass is 9.77. The molecule has 2 rings (SSSR count). The predicted octanol–water partition coefficient (Wildman–Crippen LogP) is 5.36. The molecule has 0 aliphatic heterocycles. The zero-order chi connectivity index (χ0) is 14.9. The monoisotopic (exact) mass is 325 g/mol. The molecule has 0 heterocycles. The highest BCUT2D eigenvalue weighted by molar-refractivity contribution is 6.42. The summed E-state index contributed by atoms with van der Waals surface area (Å²) >= 11 is 12.1. The van der Waals surface area contributed by atoms with Crippen molar-refractivity contribution in [2.45, 2.75) is 37.9 Å². The Labute approximate surface area is 126 Å². The van der Waals surface area contributed by atoms with Crippen molar-refractivity contribution in [3.05, 3.63) is 33.8 Å². The summed E-state index contributed by atoms with van der Waals surface area (Å²) in [6, 6.07) is 4.84. The van der Waals surface area contributed by atoms with Gasteiger partial charge in [0.1, 0.15) is 0 Å². The molecule has 6 heteroatoms.